The molecule has 2 aromatic carbocycles. The fraction of sp³-hybridized carbons (Fsp3) is 0.280. The standard InChI is InChI=1S/C25H22BrFN2O2S/c1-15-28-23(24(32-15)16-5-8-19(27)9-6-16)25(30)29-11-3-2-4-20(29)14-21-13-17-12-18(26)7-10-22(17)31-21/h5-10,12-13,20H,2-4,11,14H2,1H3/t20-/m0/s1. The molecule has 0 bridgehead atoms. The molecule has 0 unspecified atom stereocenters. The fourth-order valence-electron chi connectivity index (χ4n) is 4.39. The van der Waals surface area contributed by atoms with E-state index in [-0.39, 0.29) is 17.8 Å². The Balaban J connectivity index is 1.43. The van der Waals surface area contributed by atoms with Crippen molar-refractivity contribution in [2.45, 2.75) is 38.6 Å². The number of nitrogens with zero attached hydrogens (tertiary/aromatic N) is 2. The largest absolute Gasteiger partial charge is 0.461 e. The monoisotopic (exact) mass is 512 g/mol. The number of fused-ring (bicyclic) bond motifs is 1. The van der Waals surface area contributed by atoms with Crippen molar-refractivity contribution >= 4 is 44.1 Å². The highest BCUT2D eigenvalue weighted by molar-refractivity contribution is 9.10. The lowest BCUT2D eigenvalue weighted by Crippen LogP contribution is -2.45. The number of aryl methyl sites for hydroxylation is 1. The van der Waals surface area contributed by atoms with Gasteiger partial charge in [-0.25, -0.2) is 9.37 Å². The lowest BCUT2D eigenvalue weighted by Gasteiger charge is -2.35. The van der Waals surface area contributed by atoms with E-state index >= 15 is 0 Å². The number of aromatic nitrogens is 1. The van der Waals surface area contributed by atoms with Crippen molar-refractivity contribution in [3.63, 3.8) is 0 Å². The number of hydrogen-bond acceptors (Lipinski definition) is 4. The number of rotatable bonds is 4. The second-order valence-electron chi connectivity index (χ2n) is 8.16. The predicted molar refractivity (Wildman–Crippen MR) is 129 cm³/mol. The van der Waals surface area contributed by atoms with Gasteiger partial charge in [-0.2, -0.15) is 0 Å². The maximum Gasteiger partial charge on any atom is 0.274 e. The highest BCUT2D eigenvalue weighted by Crippen LogP contribution is 2.33. The van der Waals surface area contributed by atoms with Gasteiger partial charge in [0.05, 0.1) is 9.88 Å². The van der Waals surface area contributed by atoms with Crippen molar-refractivity contribution < 1.29 is 13.6 Å². The van der Waals surface area contributed by atoms with Crippen molar-refractivity contribution in [3.05, 3.63) is 75.3 Å². The van der Waals surface area contributed by atoms with Gasteiger partial charge in [0, 0.05) is 28.9 Å². The molecule has 0 spiro atoms. The van der Waals surface area contributed by atoms with E-state index in [2.05, 4.69) is 27.0 Å². The molecule has 1 aliphatic rings. The number of carbonyl (C=O) groups is 1. The van der Waals surface area contributed by atoms with Crippen LogP contribution in [0.4, 0.5) is 4.39 Å². The van der Waals surface area contributed by atoms with Gasteiger partial charge >= 0.3 is 0 Å². The Labute approximate surface area is 198 Å². The van der Waals surface area contributed by atoms with Crippen LogP contribution >= 0.6 is 27.3 Å². The van der Waals surface area contributed by atoms with Crippen molar-refractivity contribution in [1.29, 1.82) is 0 Å². The number of carbonyl (C=O) groups excluding carboxylic acids is 1. The molecule has 2 aromatic heterocycles. The number of likely N-dealkylation sites (tertiary alicyclic amines) is 1. The quantitative estimate of drug-likeness (QED) is 0.295. The third-order valence-corrected chi connectivity index (χ3v) is 7.41. The van der Waals surface area contributed by atoms with E-state index in [1.165, 1.54) is 23.5 Å². The molecule has 164 valence electrons. The van der Waals surface area contributed by atoms with E-state index in [0.717, 1.165) is 55.9 Å². The Morgan fingerprint density at radius 3 is 2.84 bits per heavy atom. The highest BCUT2D eigenvalue weighted by atomic mass is 79.9. The van der Waals surface area contributed by atoms with Crippen LogP contribution in [-0.4, -0.2) is 28.4 Å². The van der Waals surface area contributed by atoms with Gasteiger partial charge in [0.2, 0.25) is 0 Å². The zero-order valence-electron chi connectivity index (χ0n) is 17.6. The third kappa shape index (κ3) is 4.24. The SMILES string of the molecule is Cc1nc(C(=O)N2CCCC[C@H]2Cc2cc3cc(Br)ccc3o2)c(-c2ccc(F)cc2)s1. The summed E-state index contributed by atoms with van der Waals surface area (Å²) >= 11 is 4.98. The van der Waals surface area contributed by atoms with Gasteiger partial charge in [0.1, 0.15) is 22.9 Å². The van der Waals surface area contributed by atoms with Gasteiger partial charge in [0.25, 0.3) is 5.91 Å². The van der Waals surface area contributed by atoms with Gasteiger partial charge in [-0.3, -0.25) is 4.79 Å². The lowest BCUT2D eigenvalue weighted by molar-refractivity contribution is 0.0603. The Kier molecular flexibility index (Phi) is 5.86. The number of piperidine rings is 1. The average molecular weight is 513 g/mol. The van der Waals surface area contributed by atoms with E-state index < -0.39 is 0 Å². The van der Waals surface area contributed by atoms with E-state index in [0.29, 0.717) is 18.7 Å². The van der Waals surface area contributed by atoms with Crippen molar-refractivity contribution in [2.75, 3.05) is 6.54 Å². The second-order valence-corrected chi connectivity index (χ2v) is 10.3. The summed E-state index contributed by atoms with van der Waals surface area (Å²) in [6, 6.07) is 14.3. The molecule has 4 nitrogen and oxygen atoms in total. The minimum absolute atomic E-state index is 0.0581. The van der Waals surface area contributed by atoms with E-state index in [1.807, 2.05) is 30.0 Å². The summed E-state index contributed by atoms with van der Waals surface area (Å²) in [7, 11) is 0. The predicted octanol–water partition coefficient (Wildman–Crippen LogP) is 7.00. The van der Waals surface area contributed by atoms with E-state index in [9.17, 15) is 9.18 Å². The minimum atomic E-state index is -0.295. The summed E-state index contributed by atoms with van der Waals surface area (Å²) in [5.41, 5.74) is 2.13. The molecule has 4 aromatic rings. The molecule has 1 aliphatic heterocycles. The first-order valence-corrected chi connectivity index (χ1v) is 12.3. The number of hydrogen-bond donors (Lipinski definition) is 0. The van der Waals surface area contributed by atoms with Crippen molar-refractivity contribution in [3.8, 4) is 10.4 Å². The molecular weight excluding hydrogens is 491 g/mol. The third-order valence-electron chi connectivity index (χ3n) is 5.90. The number of amides is 1. The summed E-state index contributed by atoms with van der Waals surface area (Å²) in [6.07, 6.45) is 3.67. The normalized spacial score (nSPS) is 16.6. The molecule has 0 N–H and O–H groups in total. The summed E-state index contributed by atoms with van der Waals surface area (Å²) in [6.45, 7) is 2.60. The summed E-state index contributed by atoms with van der Waals surface area (Å²) in [5.74, 6) is 0.532. The molecule has 7 heteroatoms. The summed E-state index contributed by atoms with van der Waals surface area (Å²) in [5, 5.41) is 1.88. The Hall–Kier alpha value is -2.51. The van der Waals surface area contributed by atoms with Crippen molar-refractivity contribution in [2.24, 2.45) is 0 Å². The molecule has 1 amide bonds. The van der Waals surface area contributed by atoms with Crippen LogP contribution < -0.4 is 0 Å². The number of thiazole rings is 1. The highest BCUT2D eigenvalue weighted by Gasteiger charge is 2.31. The second kappa shape index (κ2) is 8.79. The number of halogens is 2. The van der Waals surface area contributed by atoms with Crippen LogP contribution in [0, 0.1) is 12.7 Å². The van der Waals surface area contributed by atoms with Gasteiger partial charge in [-0.1, -0.05) is 28.1 Å². The maximum absolute atomic E-state index is 13.7. The molecule has 1 fully saturated rings. The maximum atomic E-state index is 13.7. The fourth-order valence-corrected chi connectivity index (χ4v) is 5.68. The molecule has 0 radical (unpaired) electrons. The molecule has 0 saturated carbocycles. The Morgan fingerprint density at radius 2 is 2.03 bits per heavy atom. The Bertz CT molecular complexity index is 1280. The zero-order valence-corrected chi connectivity index (χ0v) is 20.0. The number of furan rings is 1. The smallest absolute Gasteiger partial charge is 0.274 e. The average Bonchev–Trinajstić information content (AvgIpc) is 3.36. The first-order valence-electron chi connectivity index (χ1n) is 10.7. The van der Waals surface area contributed by atoms with Crippen molar-refractivity contribution in [1.82, 2.24) is 9.88 Å². The molecule has 3 heterocycles. The van der Waals surface area contributed by atoms with Crippen LogP contribution in [0.25, 0.3) is 21.4 Å². The first kappa shape index (κ1) is 21.3. The molecular formula is C25H22BrFN2O2S. The van der Waals surface area contributed by atoms with E-state index in [1.54, 1.807) is 12.1 Å². The molecule has 0 aliphatic carbocycles. The lowest BCUT2D eigenvalue weighted by atomic mass is 9.97. The molecule has 32 heavy (non-hydrogen) atoms. The van der Waals surface area contributed by atoms with Gasteiger partial charge < -0.3 is 9.32 Å². The van der Waals surface area contributed by atoms with Crippen LogP contribution in [0.15, 0.2) is 57.4 Å². The minimum Gasteiger partial charge on any atom is -0.461 e. The van der Waals surface area contributed by atoms with Gasteiger partial charge in [-0.05, 0) is 68.1 Å². The van der Waals surface area contributed by atoms with Crippen LogP contribution in [-0.2, 0) is 6.42 Å². The topological polar surface area (TPSA) is 46.3 Å². The van der Waals surface area contributed by atoms with Gasteiger partial charge in [-0.15, -0.1) is 11.3 Å². The summed E-state index contributed by atoms with van der Waals surface area (Å²) < 4.78 is 20.5. The first-order chi connectivity index (χ1) is 15.5. The zero-order chi connectivity index (χ0) is 22.2. The molecule has 5 rings (SSSR count). The molecule has 1 atom stereocenters. The van der Waals surface area contributed by atoms with Crippen LogP contribution in [0.2, 0.25) is 0 Å². The van der Waals surface area contributed by atoms with Crippen LogP contribution in [0.1, 0.15) is 40.5 Å². The summed E-state index contributed by atoms with van der Waals surface area (Å²) in [4.78, 5) is 21.0. The van der Waals surface area contributed by atoms with Crippen LogP contribution in [0.3, 0.4) is 0 Å². The van der Waals surface area contributed by atoms with Crippen LogP contribution in [0.5, 0.6) is 0 Å². The molecule has 1 saturated heterocycles. The Morgan fingerprint density at radius 1 is 1.22 bits per heavy atom. The number of benzene rings is 2. The van der Waals surface area contributed by atoms with E-state index in [4.69, 9.17) is 4.42 Å². The van der Waals surface area contributed by atoms with Gasteiger partial charge in [0.15, 0.2) is 0 Å².